The van der Waals surface area contributed by atoms with Crippen molar-refractivity contribution in [2.45, 2.75) is 19.8 Å². The van der Waals surface area contributed by atoms with Gasteiger partial charge >= 0.3 is 0 Å². The minimum atomic E-state index is 0.0986. The van der Waals surface area contributed by atoms with Gasteiger partial charge in [-0.25, -0.2) is 0 Å². The Balaban J connectivity index is 3.23. The van der Waals surface area contributed by atoms with E-state index in [4.69, 9.17) is 19.5 Å². The van der Waals surface area contributed by atoms with E-state index in [-0.39, 0.29) is 11.7 Å². The van der Waals surface area contributed by atoms with Crippen LogP contribution in [0.2, 0.25) is 0 Å². The SMILES string of the molecule is COC=C(C#N)Oc1cc(Br)c(OC)cc1C(C)C. The fourth-order valence-corrected chi connectivity index (χ4v) is 2.03. The normalized spacial score (nSPS) is 11.1. The van der Waals surface area contributed by atoms with Crippen LogP contribution in [0.15, 0.2) is 28.6 Å². The Hall–Kier alpha value is -1.67. The van der Waals surface area contributed by atoms with E-state index in [0.717, 1.165) is 15.8 Å². The van der Waals surface area contributed by atoms with Crippen molar-refractivity contribution >= 4 is 15.9 Å². The number of rotatable bonds is 5. The summed E-state index contributed by atoms with van der Waals surface area (Å²) in [5.74, 6) is 1.67. The molecule has 1 rings (SSSR count). The highest BCUT2D eigenvalue weighted by atomic mass is 79.9. The first-order chi connectivity index (χ1) is 9.03. The highest BCUT2D eigenvalue weighted by Crippen LogP contribution is 2.37. The van der Waals surface area contributed by atoms with Crippen LogP contribution in [0.3, 0.4) is 0 Å². The van der Waals surface area contributed by atoms with E-state index in [1.54, 1.807) is 13.2 Å². The lowest BCUT2D eigenvalue weighted by Gasteiger charge is -2.15. The van der Waals surface area contributed by atoms with Crippen LogP contribution in [0.5, 0.6) is 11.5 Å². The Bertz CT molecular complexity index is 518. The molecule has 0 aliphatic rings. The highest BCUT2D eigenvalue weighted by molar-refractivity contribution is 9.10. The van der Waals surface area contributed by atoms with Gasteiger partial charge in [-0.2, -0.15) is 5.26 Å². The Morgan fingerprint density at radius 1 is 1.32 bits per heavy atom. The number of methoxy groups -OCH3 is 2. The summed E-state index contributed by atoms with van der Waals surface area (Å²) in [6.45, 7) is 4.09. The number of benzene rings is 1. The first-order valence-electron chi connectivity index (χ1n) is 5.71. The zero-order chi connectivity index (χ0) is 14.4. The topological polar surface area (TPSA) is 51.5 Å². The van der Waals surface area contributed by atoms with Crippen molar-refractivity contribution in [3.05, 3.63) is 34.2 Å². The van der Waals surface area contributed by atoms with Crippen LogP contribution in [0, 0.1) is 11.3 Å². The van der Waals surface area contributed by atoms with E-state index >= 15 is 0 Å². The molecule has 0 fully saturated rings. The molecule has 0 radical (unpaired) electrons. The average molecular weight is 326 g/mol. The quantitative estimate of drug-likeness (QED) is 0.607. The van der Waals surface area contributed by atoms with Gasteiger partial charge in [0.1, 0.15) is 23.8 Å². The third kappa shape index (κ3) is 3.90. The summed E-state index contributed by atoms with van der Waals surface area (Å²) in [7, 11) is 3.07. The van der Waals surface area contributed by atoms with E-state index in [2.05, 4.69) is 15.9 Å². The van der Waals surface area contributed by atoms with Gasteiger partial charge in [-0.05, 0) is 34.0 Å². The Morgan fingerprint density at radius 2 is 2.00 bits per heavy atom. The van der Waals surface area contributed by atoms with E-state index in [1.807, 2.05) is 26.0 Å². The summed E-state index contributed by atoms with van der Waals surface area (Å²) < 4.78 is 16.4. The van der Waals surface area contributed by atoms with Crippen LogP contribution < -0.4 is 9.47 Å². The first kappa shape index (κ1) is 15.4. The van der Waals surface area contributed by atoms with Crippen LogP contribution in [-0.2, 0) is 4.74 Å². The summed E-state index contributed by atoms with van der Waals surface area (Å²) in [5.41, 5.74) is 0.956. The smallest absolute Gasteiger partial charge is 0.238 e. The third-order valence-corrected chi connectivity index (χ3v) is 3.08. The molecule has 0 unspecified atom stereocenters. The molecule has 1 aromatic carbocycles. The van der Waals surface area contributed by atoms with Gasteiger partial charge in [-0.15, -0.1) is 0 Å². The molecule has 0 aliphatic heterocycles. The minimum absolute atomic E-state index is 0.0986. The molecule has 0 bridgehead atoms. The maximum atomic E-state index is 8.96. The molecule has 0 saturated carbocycles. The molecule has 1 aromatic rings. The van der Waals surface area contributed by atoms with Gasteiger partial charge < -0.3 is 14.2 Å². The first-order valence-corrected chi connectivity index (χ1v) is 6.51. The molecule has 4 nitrogen and oxygen atoms in total. The van der Waals surface area contributed by atoms with Gasteiger partial charge in [0.05, 0.1) is 18.7 Å². The standard InChI is InChI=1S/C14H16BrNO3/c1-9(2)11-5-14(18-4)12(15)6-13(11)19-10(7-16)8-17-3/h5-6,8-9H,1-4H3. The van der Waals surface area contributed by atoms with Crippen molar-refractivity contribution in [1.29, 1.82) is 5.26 Å². The number of nitriles is 1. The fraction of sp³-hybridized carbons (Fsp3) is 0.357. The molecule has 0 amide bonds. The van der Waals surface area contributed by atoms with Crippen LogP contribution in [0.25, 0.3) is 0 Å². The van der Waals surface area contributed by atoms with Crippen molar-refractivity contribution in [3.63, 3.8) is 0 Å². The molecule has 0 atom stereocenters. The zero-order valence-electron chi connectivity index (χ0n) is 11.4. The lowest BCUT2D eigenvalue weighted by molar-refractivity contribution is 0.309. The maximum absolute atomic E-state index is 8.96. The second kappa shape index (κ2) is 7.05. The predicted molar refractivity (Wildman–Crippen MR) is 76.1 cm³/mol. The predicted octanol–water partition coefficient (Wildman–Crippen LogP) is 3.97. The minimum Gasteiger partial charge on any atom is -0.500 e. The second-order valence-corrected chi connectivity index (χ2v) is 4.97. The van der Waals surface area contributed by atoms with Crippen LogP contribution in [-0.4, -0.2) is 14.2 Å². The molecule has 5 heteroatoms. The van der Waals surface area contributed by atoms with Crippen molar-refractivity contribution in [3.8, 4) is 17.6 Å². The van der Waals surface area contributed by atoms with Crippen molar-refractivity contribution < 1.29 is 14.2 Å². The lowest BCUT2D eigenvalue weighted by atomic mass is 10.0. The second-order valence-electron chi connectivity index (χ2n) is 4.11. The maximum Gasteiger partial charge on any atom is 0.238 e. The zero-order valence-corrected chi connectivity index (χ0v) is 12.9. The van der Waals surface area contributed by atoms with Crippen LogP contribution in [0.1, 0.15) is 25.3 Å². The van der Waals surface area contributed by atoms with Gasteiger partial charge in [0.2, 0.25) is 5.76 Å². The van der Waals surface area contributed by atoms with E-state index in [1.165, 1.54) is 13.4 Å². The van der Waals surface area contributed by atoms with Gasteiger partial charge in [-0.1, -0.05) is 13.8 Å². The molecular weight excluding hydrogens is 310 g/mol. The third-order valence-electron chi connectivity index (χ3n) is 2.46. The monoisotopic (exact) mass is 325 g/mol. The molecule has 0 saturated heterocycles. The van der Waals surface area contributed by atoms with Gasteiger partial charge in [-0.3, -0.25) is 0 Å². The summed E-state index contributed by atoms with van der Waals surface area (Å²) in [6, 6.07) is 5.61. The summed E-state index contributed by atoms with van der Waals surface area (Å²) in [6.07, 6.45) is 1.27. The van der Waals surface area contributed by atoms with E-state index in [0.29, 0.717) is 5.75 Å². The number of allylic oxidation sites excluding steroid dienone is 1. The van der Waals surface area contributed by atoms with Crippen molar-refractivity contribution in [1.82, 2.24) is 0 Å². The molecule has 102 valence electrons. The largest absolute Gasteiger partial charge is 0.500 e. The molecule has 0 heterocycles. The lowest BCUT2D eigenvalue weighted by Crippen LogP contribution is -2.00. The molecule has 0 spiro atoms. The fourth-order valence-electron chi connectivity index (χ4n) is 1.55. The summed E-state index contributed by atoms with van der Waals surface area (Å²) >= 11 is 3.40. The van der Waals surface area contributed by atoms with Crippen molar-refractivity contribution in [2.24, 2.45) is 0 Å². The molecule has 0 aromatic heterocycles. The van der Waals surface area contributed by atoms with Gasteiger partial charge in [0.25, 0.3) is 0 Å². The Morgan fingerprint density at radius 3 is 2.47 bits per heavy atom. The van der Waals surface area contributed by atoms with Crippen LogP contribution >= 0.6 is 15.9 Å². The molecule has 0 N–H and O–H groups in total. The highest BCUT2D eigenvalue weighted by Gasteiger charge is 2.14. The number of ether oxygens (including phenoxy) is 3. The van der Waals surface area contributed by atoms with E-state index in [9.17, 15) is 0 Å². The number of nitrogens with zero attached hydrogens (tertiary/aromatic N) is 1. The van der Waals surface area contributed by atoms with Crippen molar-refractivity contribution in [2.75, 3.05) is 14.2 Å². The average Bonchev–Trinajstić information content (AvgIpc) is 2.38. The summed E-state index contributed by atoms with van der Waals surface area (Å²) in [5, 5.41) is 8.96. The van der Waals surface area contributed by atoms with Gasteiger partial charge in [0, 0.05) is 5.56 Å². The van der Waals surface area contributed by atoms with E-state index < -0.39 is 0 Å². The number of hydrogen-bond acceptors (Lipinski definition) is 4. The van der Waals surface area contributed by atoms with Gasteiger partial charge in [0.15, 0.2) is 0 Å². The Kier molecular flexibility index (Phi) is 5.71. The van der Waals surface area contributed by atoms with Crippen LogP contribution in [0.4, 0.5) is 0 Å². The molecule has 19 heavy (non-hydrogen) atoms. The number of halogens is 1. The molecular formula is C14H16BrNO3. The molecule has 0 aliphatic carbocycles. The Labute approximate surface area is 121 Å². The summed E-state index contributed by atoms with van der Waals surface area (Å²) in [4.78, 5) is 0. The number of hydrogen-bond donors (Lipinski definition) is 0.